The number of amides is 3. The molecule has 0 radical (unpaired) electrons. The first-order valence-corrected chi connectivity index (χ1v) is 12.3. The average molecular weight is 479 g/mol. The lowest BCUT2D eigenvalue weighted by molar-refractivity contribution is -0.132. The molecule has 1 saturated heterocycles. The molecule has 2 aromatic rings. The molecule has 32 heavy (non-hydrogen) atoms. The Hall–Kier alpha value is -2.76. The maximum absolute atomic E-state index is 12.8. The minimum absolute atomic E-state index is 0.0311. The van der Waals surface area contributed by atoms with Crippen molar-refractivity contribution in [2.75, 3.05) is 45.1 Å². The average Bonchev–Trinajstić information content (AvgIpc) is 3.19. The van der Waals surface area contributed by atoms with Gasteiger partial charge in [-0.2, -0.15) is 4.31 Å². The van der Waals surface area contributed by atoms with Gasteiger partial charge in [0.25, 0.3) is 5.91 Å². The van der Waals surface area contributed by atoms with E-state index in [0.29, 0.717) is 36.7 Å². The molecule has 172 valence electrons. The number of piperazine rings is 1. The molecule has 3 amide bonds. The maximum Gasteiger partial charge on any atom is 0.264 e. The van der Waals surface area contributed by atoms with Crippen LogP contribution in [0.4, 0.5) is 5.69 Å². The Kier molecular flexibility index (Phi) is 7.32. The van der Waals surface area contributed by atoms with Crippen molar-refractivity contribution in [2.45, 2.75) is 18.7 Å². The minimum atomic E-state index is -3.87. The summed E-state index contributed by atoms with van der Waals surface area (Å²) in [5, 5.41) is 2.58. The summed E-state index contributed by atoms with van der Waals surface area (Å²) in [6.45, 7) is 4.53. The molecule has 9 nitrogen and oxygen atoms in total. The van der Waals surface area contributed by atoms with Crippen molar-refractivity contribution in [3.8, 4) is 0 Å². The van der Waals surface area contributed by atoms with E-state index in [-0.39, 0.29) is 29.2 Å². The van der Waals surface area contributed by atoms with E-state index in [9.17, 15) is 22.8 Å². The number of thiophene rings is 1. The van der Waals surface area contributed by atoms with Gasteiger partial charge in [0.2, 0.25) is 21.8 Å². The van der Waals surface area contributed by atoms with Crippen LogP contribution in [-0.4, -0.2) is 80.0 Å². The van der Waals surface area contributed by atoms with E-state index in [4.69, 9.17) is 0 Å². The minimum Gasteiger partial charge on any atom is -0.338 e. The number of likely N-dealkylation sites (N-methyl/N-ethyl adjacent to an activating group) is 1. The third-order valence-corrected chi connectivity index (χ3v) is 7.92. The van der Waals surface area contributed by atoms with Crippen LogP contribution in [0.3, 0.4) is 0 Å². The summed E-state index contributed by atoms with van der Waals surface area (Å²) in [6.07, 6.45) is 0. The Bertz CT molecular complexity index is 1100. The molecule has 1 aromatic heterocycles. The van der Waals surface area contributed by atoms with Gasteiger partial charge in [-0.05, 0) is 43.3 Å². The lowest BCUT2D eigenvalue weighted by Gasteiger charge is -2.35. The molecular weight excluding hydrogens is 452 g/mol. The van der Waals surface area contributed by atoms with Gasteiger partial charge in [-0.1, -0.05) is 0 Å². The van der Waals surface area contributed by atoms with E-state index in [1.165, 1.54) is 49.6 Å². The highest BCUT2D eigenvalue weighted by atomic mass is 32.2. The molecule has 1 aromatic carbocycles. The number of carbonyl (C=O) groups is 3. The molecular formula is C21H26N4O5S2. The van der Waals surface area contributed by atoms with Gasteiger partial charge in [0.15, 0.2) is 0 Å². The second-order valence-electron chi connectivity index (χ2n) is 7.55. The fraction of sp³-hybridized carbons (Fsp3) is 0.381. The fourth-order valence-corrected chi connectivity index (χ4v) is 5.29. The number of aryl methyl sites for hydroxylation is 1. The van der Waals surface area contributed by atoms with Gasteiger partial charge in [-0.15, -0.1) is 11.3 Å². The second-order valence-corrected chi connectivity index (χ2v) is 10.9. The van der Waals surface area contributed by atoms with Crippen LogP contribution in [0.5, 0.6) is 0 Å². The van der Waals surface area contributed by atoms with Crippen LogP contribution >= 0.6 is 11.3 Å². The zero-order chi connectivity index (χ0) is 23.5. The van der Waals surface area contributed by atoms with E-state index in [2.05, 4.69) is 5.32 Å². The van der Waals surface area contributed by atoms with Gasteiger partial charge < -0.3 is 15.1 Å². The van der Waals surface area contributed by atoms with Gasteiger partial charge in [-0.3, -0.25) is 14.4 Å². The van der Waals surface area contributed by atoms with E-state index in [1.807, 2.05) is 19.1 Å². The van der Waals surface area contributed by atoms with Crippen molar-refractivity contribution in [3.05, 3.63) is 46.2 Å². The Labute approximate surface area is 191 Å². The molecule has 0 aliphatic carbocycles. The molecule has 2 heterocycles. The Morgan fingerprint density at radius 1 is 1.00 bits per heavy atom. The monoisotopic (exact) mass is 478 g/mol. The predicted molar refractivity (Wildman–Crippen MR) is 122 cm³/mol. The number of anilines is 1. The molecule has 1 aliphatic rings. The van der Waals surface area contributed by atoms with Crippen molar-refractivity contribution in [1.29, 1.82) is 0 Å². The molecule has 0 atom stereocenters. The molecule has 0 saturated carbocycles. The molecule has 1 aliphatic heterocycles. The summed E-state index contributed by atoms with van der Waals surface area (Å²) >= 11 is 1.44. The molecule has 0 bridgehead atoms. The van der Waals surface area contributed by atoms with Gasteiger partial charge in [-0.25, -0.2) is 8.42 Å². The van der Waals surface area contributed by atoms with E-state index in [1.54, 1.807) is 9.80 Å². The molecule has 1 N–H and O–H groups in total. The van der Waals surface area contributed by atoms with Crippen molar-refractivity contribution in [3.63, 3.8) is 0 Å². The predicted octanol–water partition coefficient (Wildman–Crippen LogP) is 1.62. The first-order chi connectivity index (χ1) is 15.1. The fourth-order valence-electron chi connectivity index (χ4n) is 3.33. The maximum atomic E-state index is 12.8. The summed E-state index contributed by atoms with van der Waals surface area (Å²) in [5.74, 6) is -0.613. The quantitative estimate of drug-likeness (QED) is 0.679. The van der Waals surface area contributed by atoms with Crippen LogP contribution in [0.25, 0.3) is 0 Å². The van der Waals surface area contributed by atoms with Crippen LogP contribution in [0.1, 0.15) is 21.5 Å². The van der Waals surface area contributed by atoms with Crippen LogP contribution in [-0.2, 0) is 19.6 Å². The van der Waals surface area contributed by atoms with Crippen LogP contribution in [0, 0.1) is 6.92 Å². The van der Waals surface area contributed by atoms with Crippen molar-refractivity contribution in [1.82, 2.24) is 14.1 Å². The van der Waals surface area contributed by atoms with Gasteiger partial charge >= 0.3 is 0 Å². The van der Waals surface area contributed by atoms with E-state index >= 15 is 0 Å². The largest absolute Gasteiger partial charge is 0.338 e. The normalized spacial score (nSPS) is 14.5. The second kappa shape index (κ2) is 9.80. The molecule has 1 fully saturated rings. The summed E-state index contributed by atoms with van der Waals surface area (Å²) in [6, 6.07) is 9.48. The Morgan fingerprint density at radius 2 is 1.59 bits per heavy atom. The Balaban J connectivity index is 1.56. The number of hydrogen-bond acceptors (Lipinski definition) is 6. The Morgan fingerprint density at radius 3 is 2.12 bits per heavy atom. The number of carbonyl (C=O) groups excluding carboxylic acids is 3. The zero-order valence-electron chi connectivity index (χ0n) is 18.2. The number of sulfonamides is 1. The van der Waals surface area contributed by atoms with E-state index in [0.717, 1.165) is 9.18 Å². The number of nitrogens with one attached hydrogen (secondary N) is 1. The summed E-state index contributed by atoms with van der Waals surface area (Å²) in [5.41, 5.74) is 0.486. The topological polar surface area (TPSA) is 107 Å². The van der Waals surface area contributed by atoms with Gasteiger partial charge in [0.1, 0.15) is 0 Å². The molecule has 3 rings (SSSR count). The highest BCUT2D eigenvalue weighted by Gasteiger charge is 2.29. The first kappa shape index (κ1) is 23.9. The number of benzene rings is 1. The van der Waals surface area contributed by atoms with Crippen LogP contribution in [0.2, 0.25) is 0 Å². The number of hydrogen-bond donors (Lipinski definition) is 1. The standard InChI is InChI=1S/C21H26N4O5S2/c1-15-4-9-19(31-15)21(28)25-12-10-24(11-13-25)20(27)14-23(3)32(29,30)18-7-5-17(6-8-18)22-16(2)26/h4-9H,10-14H2,1-3H3,(H,22,26). The van der Waals surface area contributed by atoms with Crippen LogP contribution < -0.4 is 5.32 Å². The molecule has 11 heteroatoms. The lowest BCUT2D eigenvalue weighted by Crippen LogP contribution is -2.52. The molecule has 0 spiro atoms. The number of nitrogens with zero attached hydrogens (tertiary/aromatic N) is 3. The summed E-state index contributed by atoms with van der Waals surface area (Å²) in [7, 11) is -2.51. The van der Waals surface area contributed by atoms with Gasteiger partial charge in [0.05, 0.1) is 16.3 Å². The first-order valence-electron chi connectivity index (χ1n) is 10.1. The molecule has 0 unspecified atom stereocenters. The summed E-state index contributed by atoms with van der Waals surface area (Å²) in [4.78, 5) is 41.4. The third kappa shape index (κ3) is 5.53. The lowest BCUT2D eigenvalue weighted by atomic mass is 10.3. The van der Waals surface area contributed by atoms with E-state index < -0.39 is 10.0 Å². The zero-order valence-corrected chi connectivity index (χ0v) is 19.8. The smallest absolute Gasteiger partial charge is 0.264 e. The summed E-state index contributed by atoms with van der Waals surface area (Å²) < 4.78 is 26.6. The van der Waals surface area contributed by atoms with Crippen molar-refractivity contribution in [2.24, 2.45) is 0 Å². The van der Waals surface area contributed by atoms with Crippen LogP contribution in [0.15, 0.2) is 41.3 Å². The third-order valence-electron chi connectivity index (χ3n) is 5.11. The number of rotatable bonds is 6. The highest BCUT2D eigenvalue weighted by Crippen LogP contribution is 2.20. The highest BCUT2D eigenvalue weighted by molar-refractivity contribution is 7.89. The van der Waals surface area contributed by atoms with Gasteiger partial charge in [0, 0.05) is 50.7 Å². The SMILES string of the molecule is CC(=O)Nc1ccc(S(=O)(=O)N(C)CC(=O)N2CCN(C(=O)c3ccc(C)s3)CC2)cc1. The van der Waals surface area contributed by atoms with Crippen molar-refractivity contribution >= 4 is 44.8 Å². The van der Waals surface area contributed by atoms with Crippen molar-refractivity contribution < 1.29 is 22.8 Å².